The van der Waals surface area contributed by atoms with E-state index in [2.05, 4.69) is 10.3 Å². The van der Waals surface area contributed by atoms with Crippen LogP contribution in [0.25, 0.3) is 5.69 Å². The smallest absolute Gasteiger partial charge is 0.358 e. The molecule has 0 aliphatic heterocycles. The predicted molar refractivity (Wildman–Crippen MR) is 73.8 cm³/mol. The number of carboxylic acids is 1. The van der Waals surface area contributed by atoms with E-state index in [1.165, 1.54) is 16.8 Å². The van der Waals surface area contributed by atoms with Crippen molar-refractivity contribution < 1.29 is 14.8 Å². The van der Waals surface area contributed by atoms with Gasteiger partial charge in [0.15, 0.2) is 5.69 Å². The van der Waals surface area contributed by atoms with Crippen molar-refractivity contribution in [2.75, 3.05) is 0 Å². The minimum atomic E-state index is -1.15. The number of nitro benzene ring substituents is 1. The molecule has 1 aromatic heterocycles. The fraction of sp³-hybridized carbons (Fsp3) is 0.308. The number of aromatic carboxylic acids is 1. The molecule has 0 amide bonds. The van der Waals surface area contributed by atoms with Gasteiger partial charge in [-0.15, -0.1) is 5.10 Å². The first kappa shape index (κ1) is 14.6. The van der Waals surface area contributed by atoms with Gasteiger partial charge in [0.2, 0.25) is 0 Å². The lowest BCUT2D eigenvalue weighted by Crippen LogP contribution is -2.09. The van der Waals surface area contributed by atoms with E-state index < -0.39 is 10.9 Å². The van der Waals surface area contributed by atoms with Crippen molar-refractivity contribution in [1.29, 1.82) is 0 Å². The van der Waals surface area contributed by atoms with Crippen LogP contribution in [0.1, 0.15) is 41.5 Å². The second-order valence-electron chi connectivity index (χ2n) is 4.92. The van der Waals surface area contributed by atoms with Gasteiger partial charge in [-0.3, -0.25) is 10.1 Å². The highest BCUT2D eigenvalue weighted by atomic mass is 16.6. The quantitative estimate of drug-likeness (QED) is 0.683. The van der Waals surface area contributed by atoms with E-state index in [4.69, 9.17) is 5.11 Å². The number of benzene rings is 1. The molecule has 8 nitrogen and oxygen atoms in total. The van der Waals surface area contributed by atoms with E-state index in [-0.39, 0.29) is 17.3 Å². The molecule has 0 aliphatic carbocycles. The Morgan fingerprint density at radius 1 is 1.43 bits per heavy atom. The zero-order chi connectivity index (χ0) is 15.7. The highest BCUT2D eigenvalue weighted by Crippen LogP contribution is 2.25. The largest absolute Gasteiger partial charge is 0.476 e. The maximum atomic E-state index is 11.2. The van der Waals surface area contributed by atoms with Crippen LogP contribution < -0.4 is 0 Å². The lowest BCUT2D eigenvalue weighted by atomic mass is 10.1. The van der Waals surface area contributed by atoms with Crippen LogP contribution in [-0.2, 0) is 0 Å². The average molecular weight is 290 g/mol. The van der Waals surface area contributed by atoms with Gasteiger partial charge < -0.3 is 5.11 Å². The van der Waals surface area contributed by atoms with Crippen molar-refractivity contribution in [3.05, 3.63) is 45.3 Å². The zero-order valence-corrected chi connectivity index (χ0v) is 11.8. The Bertz CT molecular complexity index is 721. The minimum absolute atomic E-state index is 0.0269. The van der Waals surface area contributed by atoms with E-state index in [9.17, 15) is 14.9 Å². The lowest BCUT2D eigenvalue weighted by molar-refractivity contribution is -0.384. The summed E-state index contributed by atoms with van der Waals surface area (Å²) >= 11 is 0. The highest BCUT2D eigenvalue weighted by molar-refractivity contribution is 5.86. The Balaban J connectivity index is 2.62. The van der Waals surface area contributed by atoms with Crippen molar-refractivity contribution in [1.82, 2.24) is 15.0 Å². The van der Waals surface area contributed by atoms with E-state index >= 15 is 0 Å². The molecule has 1 aromatic carbocycles. The van der Waals surface area contributed by atoms with Crippen LogP contribution in [0.3, 0.4) is 0 Å². The molecular weight excluding hydrogens is 276 g/mol. The molecule has 0 radical (unpaired) electrons. The molecule has 8 heteroatoms. The van der Waals surface area contributed by atoms with Crippen LogP contribution in [0, 0.1) is 17.0 Å². The Morgan fingerprint density at radius 2 is 2.10 bits per heavy atom. The zero-order valence-electron chi connectivity index (χ0n) is 11.8. The van der Waals surface area contributed by atoms with E-state index in [0.29, 0.717) is 16.9 Å². The predicted octanol–water partition coefficient (Wildman–Crippen LogP) is 2.31. The number of nitrogens with zero attached hydrogens (tertiary/aromatic N) is 4. The first-order valence-corrected chi connectivity index (χ1v) is 6.27. The number of aryl methyl sites for hydroxylation is 1. The Hall–Kier alpha value is -2.77. The minimum Gasteiger partial charge on any atom is -0.476 e. The summed E-state index contributed by atoms with van der Waals surface area (Å²) in [5.74, 6) is -1.26. The molecule has 0 saturated carbocycles. The summed E-state index contributed by atoms with van der Waals surface area (Å²) in [6, 6.07) is 4.32. The highest BCUT2D eigenvalue weighted by Gasteiger charge is 2.23. The molecule has 1 heterocycles. The Labute approximate surface area is 120 Å². The molecule has 21 heavy (non-hydrogen) atoms. The second kappa shape index (κ2) is 5.31. The van der Waals surface area contributed by atoms with Gasteiger partial charge in [0.25, 0.3) is 5.69 Å². The van der Waals surface area contributed by atoms with E-state index in [0.717, 1.165) is 0 Å². The molecule has 1 N–H and O–H groups in total. The SMILES string of the molecule is Cc1cc([N+](=O)[O-])ccc1-n1nnc(C(=O)O)c1C(C)C. The normalized spacial score (nSPS) is 10.9. The summed E-state index contributed by atoms with van der Waals surface area (Å²) in [7, 11) is 0. The summed E-state index contributed by atoms with van der Waals surface area (Å²) in [6.45, 7) is 5.37. The molecule has 0 spiro atoms. The summed E-state index contributed by atoms with van der Waals surface area (Å²) in [5, 5.41) is 27.5. The summed E-state index contributed by atoms with van der Waals surface area (Å²) in [5.41, 5.74) is 1.51. The van der Waals surface area contributed by atoms with Crippen LogP contribution in [0.5, 0.6) is 0 Å². The van der Waals surface area contributed by atoms with E-state index in [1.54, 1.807) is 13.0 Å². The number of carbonyl (C=O) groups is 1. The number of rotatable bonds is 4. The van der Waals surface area contributed by atoms with Gasteiger partial charge in [-0.2, -0.15) is 0 Å². The van der Waals surface area contributed by atoms with Crippen molar-refractivity contribution in [2.45, 2.75) is 26.7 Å². The third-order valence-corrected chi connectivity index (χ3v) is 3.07. The average Bonchev–Trinajstić information content (AvgIpc) is 2.83. The fourth-order valence-electron chi connectivity index (χ4n) is 2.13. The van der Waals surface area contributed by atoms with Crippen LogP contribution in [-0.4, -0.2) is 31.0 Å². The van der Waals surface area contributed by atoms with Gasteiger partial charge in [-0.1, -0.05) is 19.1 Å². The number of aromatic nitrogens is 3. The van der Waals surface area contributed by atoms with Crippen molar-refractivity contribution in [2.24, 2.45) is 0 Å². The molecule has 0 bridgehead atoms. The molecule has 2 rings (SSSR count). The first-order chi connectivity index (χ1) is 9.82. The second-order valence-corrected chi connectivity index (χ2v) is 4.92. The van der Waals surface area contributed by atoms with Gasteiger partial charge in [0.1, 0.15) is 0 Å². The van der Waals surface area contributed by atoms with Gasteiger partial charge in [-0.05, 0) is 24.5 Å². The van der Waals surface area contributed by atoms with Crippen molar-refractivity contribution in [3.63, 3.8) is 0 Å². The molecule has 0 atom stereocenters. The number of nitro groups is 1. The van der Waals surface area contributed by atoms with Crippen molar-refractivity contribution >= 4 is 11.7 Å². The van der Waals surface area contributed by atoms with Gasteiger partial charge in [0.05, 0.1) is 16.3 Å². The molecule has 110 valence electrons. The molecule has 0 aliphatic rings. The molecule has 0 unspecified atom stereocenters. The lowest BCUT2D eigenvalue weighted by Gasteiger charge is -2.11. The van der Waals surface area contributed by atoms with Gasteiger partial charge >= 0.3 is 5.97 Å². The standard InChI is InChI=1S/C13H14N4O4/c1-7(2)12-11(13(18)19)14-15-16(12)10-5-4-9(17(20)21)6-8(10)3/h4-7H,1-3H3,(H,18,19). The van der Waals surface area contributed by atoms with Crippen LogP contribution in [0.2, 0.25) is 0 Å². The maximum absolute atomic E-state index is 11.2. The first-order valence-electron chi connectivity index (χ1n) is 6.27. The summed E-state index contributed by atoms with van der Waals surface area (Å²) < 4.78 is 1.42. The number of carboxylic acid groups (broad SMARTS) is 1. The van der Waals surface area contributed by atoms with Gasteiger partial charge in [-0.25, -0.2) is 9.48 Å². The number of hydrogen-bond acceptors (Lipinski definition) is 5. The topological polar surface area (TPSA) is 111 Å². The molecular formula is C13H14N4O4. The maximum Gasteiger partial charge on any atom is 0.358 e. The summed E-state index contributed by atoms with van der Waals surface area (Å²) in [6.07, 6.45) is 0. The summed E-state index contributed by atoms with van der Waals surface area (Å²) in [4.78, 5) is 21.5. The van der Waals surface area contributed by atoms with Crippen molar-refractivity contribution in [3.8, 4) is 5.69 Å². The monoisotopic (exact) mass is 290 g/mol. The van der Waals surface area contributed by atoms with Crippen LogP contribution in [0.4, 0.5) is 5.69 Å². The Kier molecular flexibility index (Phi) is 3.70. The van der Waals surface area contributed by atoms with Crippen LogP contribution >= 0.6 is 0 Å². The van der Waals surface area contributed by atoms with Gasteiger partial charge in [0, 0.05) is 12.1 Å². The molecule has 2 aromatic rings. The van der Waals surface area contributed by atoms with Crippen LogP contribution in [0.15, 0.2) is 18.2 Å². The third kappa shape index (κ3) is 2.60. The third-order valence-electron chi connectivity index (χ3n) is 3.07. The molecule has 0 fully saturated rings. The molecule has 0 saturated heterocycles. The Morgan fingerprint density at radius 3 is 2.57 bits per heavy atom. The fourth-order valence-corrected chi connectivity index (χ4v) is 2.13. The number of non-ortho nitro benzene ring substituents is 1. The van der Waals surface area contributed by atoms with E-state index in [1.807, 2.05) is 13.8 Å². The number of hydrogen-bond donors (Lipinski definition) is 1.